The fraction of sp³-hybridized carbons (Fsp3) is 0.417. The predicted octanol–water partition coefficient (Wildman–Crippen LogP) is 1.15. The first-order valence-corrected chi connectivity index (χ1v) is 5.50. The van der Waals surface area contributed by atoms with E-state index >= 15 is 0 Å². The van der Waals surface area contributed by atoms with Gasteiger partial charge in [0.25, 0.3) is 5.91 Å². The Morgan fingerprint density at radius 2 is 2.06 bits per heavy atom. The molecule has 0 aliphatic heterocycles. The van der Waals surface area contributed by atoms with Crippen LogP contribution in [-0.2, 0) is 9.53 Å². The first-order valence-electron chi connectivity index (χ1n) is 5.50. The van der Waals surface area contributed by atoms with Gasteiger partial charge in [-0.05, 0) is 25.5 Å². The van der Waals surface area contributed by atoms with Gasteiger partial charge in [-0.15, -0.1) is 0 Å². The zero-order valence-electron chi connectivity index (χ0n) is 9.97. The minimum Gasteiger partial charge on any atom is -0.452 e. The molecule has 17 heavy (non-hydrogen) atoms. The van der Waals surface area contributed by atoms with Gasteiger partial charge >= 0.3 is 5.97 Å². The molecule has 0 radical (unpaired) electrons. The Kier molecular flexibility index (Phi) is 5.13. The Morgan fingerprint density at radius 3 is 2.65 bits per heavy atom. The normalized spacial score (nSPS) is 11.6. The van der Waals surface area contributed by atoms with Crippen LogP contribution in [0.3, 0.4) is 0 Å². The van der Waals surface area contributed by atoms with Gasteiger partial charge in [0.15, 0.2) is 6.61 Å². The number of ether oxygens (including phenoxy) is 1. The highest BCUT2D eigenvalue weighted by Crippen LogP contribution is 1.99. The third-order valence-corrected chi connectivity index (χ3v) is 2.27. The van der Waals surface area contributed by atoms with Crippen LogP contribution in [0, 0.1) is 0 Å². The molecule has 1 rings (SSSR count). The van der Waals surface area contributed by atoms with E-state index in [1.54, 1.807) is 0 Å². The molecule has 0 aliphatic rings. The molecule has 1 heterocycles. The van der Waals surface area contributed by atoms with E-state index in [1.807, 2.05) is 13.8 Å². The average Bonchev–Trinajstić information content (AvgIpc) is 2.36. The van der Waals surface area contributed by atoms with Crippen LogP contribution in [0.25, 0.3) is 0 Å². The number of hydrogen-bond acceptors (Lipinski definition) is 4. The van der Waals surface area contributed by atoms with Gasteiger partial charge in [0.1, 0.15) is 0 Å². The number of rotatable bonds is 5. The molecule has 0 aromatic carbocycles. The maximum atomic E-state index is 11.5. The van der Waals surface area contributed by atoms with Crippen molar-refractivity contribution in [3.05, 3.63) is 30.1 Å². The van der Waals surface area contributed by atoms with Crippen LogP contribution in [-0.4, -0.2) is 29.5 Å². The van der Waals surface area contributed by atoms with Crippen molar-refractivity contribution in [1.29, 1.82) is 0 Å². The fourth-order valence-corrected chi connectivity index (χ4v) is 1.12. The molecule has 1 N–H and O–H groups in total. The highest BCUT2D eigenvalue weighted by Gasteiger charge is 2.10. The molecule has 0 fully saturated rings. The van der Waals surface area contributed by atoms with Crippen molar-refractivity contribution < 1.29 is 14.3 Å². The van der Waals surface area contributed by atoms with Crippen molar-refractivity contribution in [1.82, 2.24) is 10.3 Å². The lowest BCUT2D eigenvalue weighted by atomic mass is 10.2. The Labute approximate surface area is 100 Å². The van der Waals surface area contributed by atoms with Crippen LogP contribution in [0.1, 0.15) is 30.6 Å². The van der Waals surface area contributed by atoms with E-state index in [0.717, 1.165) is 6.42 Å². The molecule has 0 unspecified atom stereocenters. The SMILES string of the molecule is CC[C@@H](C)NC(=O)COC(=O)c1ccncc1. The minimum atomic E-state index is -0.522. The second-order valence-electron chi connectivity index (χ2n) is 3.69. The Bertz CT molecular complexity index is 379. The zero-order valence-corrected chi connectivity index (χ0v) is 9.97. The van der Waals surface area contributed by atoms with Crippen molar-refractivity contribution in [2.75, 3.05) is 6.61 Å². The summed E-state index contributed by atoms with van der Waals surface area (Å²) in [6, 6.07) is 3.16. The van der Waals surface area contributed by atoms with Gasteiger partial charge in [-0.1, -0.05) is 6.92 Å². The van der Waals surface area contributed by atoms with Crippen LogP contribution in [0.2, 0.25) is 0 Å². The smallest absolute Gasteiger partial charge is 0.338 e. The summed E-state index contributed by atoms with van der Waals surface area (Å²) < 4.78 is 4.86. The highest BCUT2D eigenvalue weighted by atomic mass is 16.5. The maximum Gasteiger partial charge on any atom is 0.338 e. The second kappa shape index (κ2) is 6.62. The van der Waals surface area contributed by atoms with E-state index in [0.29, 0.717) is 5.56 Å². The van der Waals surface area contributed by atoms with Crippen LogP contribution in [0.5, 0.6) is 0 Å². The van der Waals surface area contributed by atoms with Crippen molar-refractivity contribution in [2.45, 2.75) is 26.3 Å². The molecule has 0 aliphatic carbocycles. The molecule has 1 atom stereocenters. The van der Waals surface area contributed by atoms with E-state index in [2.05, 4.69) is 10.3 Å². The van der Waals surface area contributed by atoms with E-state index in [-0.39, 0.29) is 18.6 Å². The molecule has 5 nitrogen and oxygen atoms in total. The van der Waals surface area contributed by atoms with Gasteiger partial charge < -0.3 is 10.1 Å². The van der Waals surface area contributed by atoms with Gasteiger partial charge in [0.05, 0.1) is 5.56 Å². The average molecular weight is 236 g/mol. The number of aromatic nitrogens is 1. The van der Waals surface area contributed by atoms with Gasteiger partial charge in [-0.25, -0.2) is 4.79 Å². The molecular formula is C12H16N2O3. The zero-order chi connectivity index (χ0) is 12.7. The third kappa shape index (κ3) is 4.63. The number of pyridine rings is 1. The van der Waals surface area contributed by atoms with E-state index in [9.17, 15) is 9.59 Å². The quantitative estimate of drug-likeness (QED) is 0.779. The Hall–Kier alpha value is -1.91. The van der Waals surface area contributed by atoms with Crippen molar-refractivity contribution in [3.8, 4) is 0 Å². The predicted molar refractivity (Wildman–Crippen MR) is 62.4 cm³/mol. The first kappa shape index (κ1) is 13.2. The fourth-order valence-electron chi connectivity index (χ4n) is 1.12. The van der Waals surface area contributed by atoms with Crippen molar-refractivity contribution >= 4 is 11.9 Å². The molecule has 0 spiro atoms. The van der Waals surface area contributed by atoms with Crippen LogP contribution >= 0.6 is 0 Å². The van der Waals surface area contributed by atoms with Gasteiger partial charge in [-0.3, -0.25) is 9.78 Å². The van der Waals surface area contributed by atoms with E-state index in [1.165, 1.54) is 24.5 Å². The van der Waals surface area contributed by atoms with Crippen LogP contribution < -0.4 is 5.32 Å². The Morgan fingerprint density at radius 1 is 1.41 bits per heavy atom. The van der Waals surface area contributed by atoms with Crippen LogP contribution in [0.4, 0.5) is 0 Å². The monoisotopic (exact) mass is 236 g/mol. The molecule has 0 bridgehead atoms. The highest BCUT2D eigenvalue weighted by molar-refractivity contribution is 5.91. The summed E-state index contributed by atoms with van der Waals surface area (Å²) in [5.74, 6) is -0.812. The number of carbonyl (C=O) groups is 2. The summed E-state index contributed by atoms with van der Waals surface area (Å²) in [4.78, 5) is 26.6. The van der Waals surface area contributed by atoms with E-state index in [4.69, 9.17) is 4.74 Å². The second-order valence-corrected chi connectivity index (χ2v) is 3.69. The summed E-state index contributed by atoms with van der Waals surface area (Å²) in [6.45, 7) is 3.60. The van der Waals surface area contributed by atoms with Crippen LogP contribution in [0.15, 0.2) is 24.5 Å². The molecule has 92 valence electrons. The molecule has 0 saturated carbocycles. The van der Waals surface area contributed by atoms with Crippen molar-refractivity contribution in [2.24, 2.45) is 0 Å². The standard InChI is InChI=1S/C12H16N2O3/c1-3-9(2)14-11(15)8-17-12(16)10-4-6-13-7-5-10/h4-7,9H,3,8H2,1-2H3,(H,14,15)/t9-/m1/s1. The lowest BCUT2D eigenvalue weighted by Gasteiger charge is -2.11. The summed E-state index contributed by atoms with van der Waals surface area (Å²) in [5, 5.41) is 2.71. The molecular weight excluding hydrogens is 220 g/mol. The molecule has 1 aromatic heterocycles. The summed E-state index contributed by atoms with van der Waals surface area (Å²) in [7, 11) is 0. The maximum absolute atomic E-state index is 11.5. The number of amides is 1. The number of nitrogens with zero attached hydrogens (tertiary/aromatic N) is 1. The summed E-state index contributed by atoms with van der Waals surface area (Å²) >= 11 is 0. The van der Waals surface area contributed by atoms with E-state index < -0.39 is 5.97 Å². The molecule has 1 aromatic rings. The van der Waals surface area contributed by atoms with Gasteiger partial charge in [0, 0.05) is 18.4 Å². The van der Waals surface area contributed by atoms with Gasteiger partial charge in [-0.2, -0.15) is 0 Å². The number of carbonyl (C=O) groups excluding carboxylic acids is 2. The lowest BCUT2D eigenvalue weighted by molar-refractivity contribution is -0.124. The topological polar surface area (TPSA) is 68.3 Å². The summed E-state index contributed by atoms with van der Waals surface area (Å²) in [6.07, 6.45) is 3.83. The number of hydrogen-bond donors (Lipinski definition) is 1. The molecule has 1 amide bonds. The third-order valence-electron chi connectivity index (χ3n) is 2.27. The largest absolute Gasteiger partial charge is 0.452 e. The number of nitrogens with one attached hydrogen (secondary N) is 1. The molecule has 5 heteroatoms. The van der Waals surface area contributed by atoms with Crippen molar-refractivity contribution in [3.63, 3.8) is 0 Å². The minimum absolute atomic E-state index is 0.0853. The molecule has 0 saturated heterocycles. The Balaban J connectivity index is 2.36. The van der Waals surface area contributed by atoms with Gasteiger partial charge in [0.2, 0.25) is 0 Å². The summed E-state index contributed by atoms with van der Waals surface area (Å²) in [5.41, 5.74) is 0.385. The lowest BCUT2D eigenvalue weighted by Crippen LogP contribution is -2.35. The first-order chi connectivity index (χ1) is 8.13. The number of esters is 1.